The van der Waals surface area contributed by atoms with Gasteiger partial charge in [-0.3, -0.25) is 0 Å². The third-order valence-electron chi connectivity index (χ3n) is 7.62. The maximum absolute atomic E-state index is 3.53. The number of para-hydroxylation sites is 1. The number of fused-ring (bicyclic) bond motifs is 6. The molecule has 162 valence electrons. The van der Waals surface area contributed by atoms with Crippen LogP contribution >= 0.6 is 0 Å². The number of hydrogen-bond acceptors (Lipinski definition) is 0. The Hall–Kier alpha value is -4.10. The van der Waals surface area contributed by atoms with Crippen LogP contribution in [0.25, 0.3) is 55.2 Å². The third kappa shape index (κ3) is 2.74. The van der Waals surface area contributed by atoms with E-state index in [1.807, 2.05) is 0 Å². The Morgan fingerprint density at radius 1 is 0.471 bits per heavy atom. The molecule has 0 saturated carbocycles. The number of rotatable bonds is 2. The highest BCUT2D eigenvalue weighted by Crippen LogP contribution is 2.49. The molecule has 0 bridgehead atoms. The minimum Gasteiger partial charge on any atom is -0.355 e. The highest BCUT2D eigenvalue weighted by molar-refractivity contribution is 6.08. The van der Waals surface area contributed by atoms with E-state index in [0.717, 1.165) is 0 Å². The average molecular weight is 436 g/mol. The van der Waals surface area contributed by atoms with Crippen molar-refractivity contribution in [1.29, 1.82) is 0 Å². The smallest absolute Gasteiger partial charge is 0.0465 e. The van der Waals surface area contributed by atoms with Crippen LogP contribution in [-0.4, -0.2) is 4.98 Å². The van der Waals surface area contributed by atoms with Gasteiger partial charge in [0.25, 0.3) is 0 Å². The van der Waals surface area contributed by atoms with Crippen LogP contribution in [0.2, 0.25) is 0 Å². The molecule has 1 heterocycles. The van der Waals surface area contributed by atoms with Gasteiger partial charge in [-0.15, -0.1) is 0 Å². The monoisotopic (exact) mass is 435 g/mol. The summed E-state index contributed by atoms with van der Waals surface area (Å²) in [7, 11) is 0. The van der Waals surface area contributed by atoms with E-state index in [1.54, 1.807) is 0 Å². The molecule has 1 aliphatic carbocycles. The molecule has 0 radical (unpaired) electrons. The van der Waals surface area contributed by atoms with Crippen molar-refractivity contribution in [2.75, 3.05) is 0 Å². The second-order valence-electron chi connectivity index (χ2n) is 9.94. The highest BCUT2D eigenvalue weighted by atomic mass is 14.7. The first-order valence-electron chi connectivity index (χ1n) is 12.0. The Morgan fingerprint density at radius 3 is 2.00 bits per heavy atom. The molecule has 1 heteroatoms. The number of aromatic nitrogens is 1. The molecule has 0 atom stereocenters. The second kappa shape index (κ2) is 6.95. The summed E-state index contributed by atoms with van der Waals surface area (Å²) < 4.78 is 0. The molecule has 0 spiro atoms. The third-order valence-corrected chi connectivity index (χ3v) is 7.62. The van der Waals surface area contributed by atoms with Crippen LogP contribution in [-0.2, 0) is 5.41 Å². The van der Waals surface area contributed by atoms with Gasteiger partial charge in [0.05, 0.1) is 0 Å². The van der Waals surface area contributed by atoms with Crippen molar-refractivity contribution >= 4 is 21.8 Å². The zero-order chi connectivity index (χ0) is 22.9. The van der Waals surface area contributed by atoms with Gasteiger partial charge < -0.3 is 4.98 Å². The van der Waals surface area contributed by atoms with Gasteiger partial charge in [0.2, 0.25) is 0 Å². The van der Waals surface area contributed by atoms with Crippen LogP contribution < -0.4 is 0 Å². The minimum absolute atomic E-state index is 0.0138. The van der Waals surface area contributed by atoms with Crippen molar-refractivity contribution in [1.82, 2.24) is 4.98 Å². The molecule has 0 fully saturated rings. The zero-order valence-corrected chi connectivity index (χ0v) is 19.4. The van der Waals surface area contributed by atoms with E-state index in [9.17, 15) is 0 Å². The predicted molar refractivity (Wildman–Crippen MR) is 144 cm³/mol. The Bertz CT molecular complexity index is 1730. The quantitative estimate of drug-likeness (QED) is 0.279. The van der Waals surface area contributed by atoms with E-state index in [2.05, 4.69) is 128 Å². The SMILES string of the molecule is CC1(C)c2ccccc2-c2ccc(-c3cccc(-c4ccc5[nH]c6ccccc6c5c4)c3)cc21. The van der Waals surface area contributed by atoms with E-state index in [4.69, 9.17) is 0 Å². The normalized spacial score (nSPS) is 13.8. The molecular weight excluding hydrogens is 410 g/mol. The van der Waals surface area contributed by atoms with Gasteiger partial charge in [-0.25, -0.2) is 0 Å². The Morgan fingerprint density at radius 2 is 1.12 bits per heavy atom. The average Bonchev–Trinajstić information content (AvgIpc) is 3.36. The Labute approximate surface area is 199 Å². The summed E-state index contributed by atoms with van der Waals surface area (Å²) in [6, 6.07) is 40.0. The molecule has 5 aromatic carbocycles. The largest absolute Gasteiger partial charge is 0.355 e. The van der Waals surface area contributed by atoms with Gasteiger partial charge in [-0.2, -0.15) is 0 Å². The lowest BCUT2D eigenvalue weighted by Crippen LogP contribution is -2.14. The number of aromatic amines is 1. The van der Waals surface area contributed by atoms with Crippen LogP contribution in [0.4, 0.5) is 0 Å². The van der Waals surface area contributed by atoms with E-state index in [-0.39, 0.29) is 5.41 Å². The lowest BCUT2D eigenvalue weighted by molar-refractivity contribution is 0.660. The van der Waals surface area contributed by atoms with Crippen LogP contribution in [0.5, 0.6) is 0 Å². The zero-order valence-electron chi connectivity index (χ0n) is 19.4. The van der Waals surface area contributed by atoms with Crippen LogP contribution in [0, 0.1) is 0 Å². The summed E-state index contributed by atoms with van der Waals surface area (Å²) in [5, 5.41) is 2.55. The highest BCUT2D eigenvalue weighted by Gasteiger charge is 2.35. The molecule has 34 heavy (non-hydrogen) atoms. The first-order chi connectivity index (χ1) is 16.6. The van der Waals surface area contributed by atoms with Crippen LogP contribution in [0.15, 0.2) is 109 Å². The van der Waals surface area contributed by atoms with Gasteiger partial charge in [-0.1, -0.05) is 92.7 Å². The fraction of sp³-hybridized carbons (Fsp3) is 0.0909. The Balaban J connectivity index is 1.33. The molecule has 1 N–H and O–H groups in total. The molecule has 0 aliphatic heterocycles. The van der Waals surface area contributed by atoms with Crippen molar-refractivity contribution in [3.05, 3.63) is 120 Å². The number of hydrogen-bond donors (Lipinski definition) is 1. The topological polar surface area (TPSA) is 15.8 Å². The minimum atomic E-state index is 0.0138. The van der Waals surface area contributed by atoms with Crippen molar-refractivity contribution in [3.8, 4) is 33.4 Å². The summed E-state index contributed by atoms with van der Waals surface area (Å²) in [5.74, 6) is 0. The predicted octanol–water partition coefficient (Wildman–Crippen LogP) is 8.96. The maximum Gasteiger partial charge on any atom is 0.0465 e. The summed E-state index contributed by atoms with van der Waals surface area (Å²) in [6.07, 6.45) is 0. The standard InChI is InChI=1S/C33H25N/c1-33(2)29-12-5-3-10-25(29)26-16-14-24(20-30(26)33)22-9-7-8-21(18-22)23-15-17-32-28(19-23)27-11-4-6-13-31(27)34-32/h3-20,34H,1-2H3. The fourth-order valence-electron chi connectivity index (χ4n) is 5.79. The van der Waals surface area contributed by atoms with E-state index >= 15 is 0 Å². The van der Waals surface area contributed by atoms with Crippen molar-refractivity contribution in [2.45, 2.75) is 19.3 Å². The van der Waals surface area contributed by atoms with E-state index in [0.29, 0.717) is 0 Å². The first-order valence-corrected chi connectivity index (χ1v) is 12.0. The molecule has 6 aromatic rings. The molecule has 1 aliphatic rings. The molecular formula is C33H25N. The van der Waals surface area contributed by atoms with Gasteiger partial charge in [0.1, 0.15) is 0 Å². The van der Waals surface area contributed by atoms with E-state index in [1.165, 1.54) is 66.3 Å². The fourth-order valence-corrected chi connectivity index (χ4v) is 5.79. The lowest BCUT2D eigenvalue weighted by Gasteiger charge is -2.22. The molecule has 1 aromatic heterocycles. The van der Waals surface area contributed by atoms with Gasteiger partial charge >= 0.3 is 0 Å². The number of benzene rings is 5. The first kappa shape index (κ1) is 19.4. The summed E-state index contributed by atoms with van der Waals surface area (Å²) in [4.78, 5) is 3.53. The Kier molecular flexibility index (Phi) is 3.96. The molecule has 0 saturated heterocycles. The van der Waals surface area contributed by atoms with Crippen molar-refractivity contribution < 1.29 is 0 Å². The molecule has 0 unspecified atom stereocenters. The summed E-state index contributed by atoms with van der Waals surface area (Å²) >= 11 is 0. The van der Waals surface area contributed by atoms with Gasteiger partial charge in [0, 0.05) is 27.2 Å². The molecule has 0 amide bonds. The maximum atomic E-state index is 3.53. The lowest BCUT2D eigenvalue weighted by atomic mass is 9.81. The molecule has 1 nitrogen and oxygen atoms in total. The number of nitrogens with one attached hydrogen (secondary N) is 1. The van der Waals surface area contributed by atoms with Crippen molar-refractivity contribution in [3.63, 3.8) is 0 Å². The van der Waals surface area contributed by atoms with E-state index < -0.39 is 0 Å². The van der Waals surface area contributed by atoms with Crippen molar-refractivity contribution in [2.24, 2.45) is 0 Å². The van der Waals surface area contributed by atoms with Crippen LogP contribution in [0.1, 0.15) is 25.0 Å². The number of H-pyrrole nitrogens is 1. The summed E-state index contributed by atoms with van der Waals surface area (Å²) in [6.45, 7) is 4.68. The van der Waals surface area contributed by atoms with Crippen LogP contribution in [0.3, 0.4) is 0 Å². The van der Waals surface area contributed by atoms with Gasteiger partial charge in [-0.05, 0) is 74.8 Å². The second-order valence-corrected chi connectivity index (χ2v) is 9.94. The van der Waals surface area contributed by atoms with Gasteiger partial charge in [0.15, 0.2) is 0 Å². The summed E-state index contributed by atoms with van der Waals surface area (Å²) in [5.41, 5.74) is 13.0. The molecule has 7 rings (SSSR count).